The maximum Gasteiger partial charge on any atom is -0.0213 e. The Morgan fingerprint density at radius 3 is 1.40 bits per heavy atom. The smallest absolute Gasteiger partial charge is 0.0213 e. The molecule has 1 aromatic carbocycles. The molecule has 0 N–H and O–H groups in total. The van der Waals surface area contributed by atoms with Crippen molar-refractivity contribution in [2.45, 2.75) is 92.4 Å². The van der Waals surface area contributed by atoms with E-state index in [0.717, 1.165) is 6.42 Å². The van der Waals surface area contributed by atoms with E-state index < -0.39 is 0 Å². The van der Waals surface area contributed by atoms with Gasteiger partial charge in [-0.3, -0.25) is 0 Å². The Kier molecular flexibility index (Phi) is 5.86. The van der Waals surface area contributed by atoms with E-state index in [1.807, 2.05) is 0 Å². The number of aryl methyl sites for hydroxylation is 1. The fourth-order valence-corrected chi connectivity index (χ4v) is 3.54. The van der Waals surface area contributed by atoms with Gasteiger partial charge in [-0.05, 0) is 57.9 Å². The van der Waals surface area contributed by atoms with Gasteiger partial charge < -0.3 is 0 Å². The molecule has 0 bridgehead atoms. The van der Waals surface area contributed by atoms with Gasteiger partial charge in [-0.2, -0.15) is 0 Å². The average molecular weight is 274 g/mol. The first-order valence-corrected chi connectivity index (χ1v) is 8.41. The van der Waals surface area contributed by atoms with E-state index in [9.17, 15) is 0 Å². The van der Waals surface area contributed by atoms with Crippen molar-refractivity contribution in [1.82, 2.24) is 0 Å². The summed E-state index contributed by atoms with van der Waals surface area (Å²) >= 11 is 0. The highest BCUT2D eigenvalue weighted by Crippen LogP contribution is 2.40. The highest BCUT2D eigenvalue weighted by molar-refractivity contribution is 5.51. The molecule has 0 spiro atoms. The number of rotatable bonds is 5. The highest BCUT2D eigenvalue weighted by atomic mass is 14.3. The van der Waals surface area contributed by atoms with E-state index in [-0.39, 0.29) is 0 Å². The molecule has 0 amide bonds. The van der Waals surface area contributed by atoms with Gasteiger partial charge in [0.2, 0.25) is 0 Å². The second-order valence-corrected chi connectivity index (χ2v) is 7.34. The fourth-order valence-electron chi connectivity index (χ4n) is 3.54. The summed E-state index contributed by atoms with van der Waals surface area (Å²) in [5, 5.41) is 0. The van der Waals surface area contributed by atoms with Crippen LogP contribution in [0.25, 0.3) is 0 Å². The molecule has 20 heavy (non-hydrogen) atoms. The Labute approximate surface area is 127 Å². The Morgan fingerprint density at radius 2 is 1.10 bits per heavy atom. The minimum absolute atomic E-state index is 0.605. The summed E-state index contributed by atoms with van der Waals surface area (Å²) in [5.41, 5.74) is 8.02. The third kappa shape index (κ3) is 3.27. The zero-order chi connectivity index (χ0) is 15.6. The standard InChI is InChI=1S/C20H34/c1-10-16-11-17(12(2)3)19(14(6)7)20(15(8)9)18(16)13(4)5/h11-15H,10H2,1-9H3. The van der Waals surface area contributed by atoms with Crippen molar-refractivity contribution in [2.24, 2.45) is 0 Å². The monoisotopic (exact) mass is 274 g/mol. The van der Waals surface area contributed by atoms with Gasteiger partial charge in [0.25, 0.3) is 0 Å². The Balaban J connectivity index is 3.82. The van der Waals surface area contributed by atoms with Crippen LogP contribution in [-0.4, -0.2) is 0 Å². The molecule has 0 unspecified atom stereocenters. The van der Waals surface area contributed by atoms with Crippen LogP contribution in [0.2, 0.25) is 0 Å². The first-order chi connectivity index (χ1) is 9.22. The summed E-state index contributed by atoms with van der Waals surface area (Å²) < 4.78 is 0. The number of benzene rings is 1. The van der Waals surface area contributed by atoms with Crippen LogP contribution in [-0.2, 0) is 6.42 Å². The third-order valence-corrected chi connectivity index (χ3v) is 4.30. The Morgan fingerprint density at radius 1 is 0.650 bits per heavy atom. The largest absolute Gasteiger partial charge is 0.0613 e. The molecule has 0 heterocycles. The summed E-state index contributed by atoms with van der Waals surface area (Å²) in [6.45, 7) is 21.1. The quantitative estimate of drug-likeness (QED) is 0.557. The van der Waals surface area contributed by atoms with Crippen molar-refractivity contribution < 1.29 is 0 Å². The topological polar surface area (TPSA) is 0 Å². The van der Waals surface area contributed by atoms with Crippen LogP contribution < -0.4 is 0 Å². The zero-order valence-electron chi connectivity index (χ0n) is 15.1. The molecule has 0 aromatic heterocycles. The van der Waals surface area contributed by atoms with Crippen molar-refractivity contribution in [1.29, 1.82) is 0 Å². The summed E-state index contributed by atoms with van der Waals surface area (Å²) in [5.74, 6) is 2.43. The molecule has 114 valence electrons. The average Bonchev–Trinajstić information content (AvgIpc) is 2.35. The zero-order valence-corrected chi connectivity index (χ0v) is 15.1. The van der Waals surface area contributed by atoms with Gasteiger partial charge >= 0.3 is 0 Å². The molecule has 0 saturated heterocycles. The van der Waals surface area contributed by atoms with Crippen LogP contribution in [0, 0.1) is 0 Å². The molecule has 0 aliphatic heterocycles. The van der Waals surface area contributed by atoms with E-state index in [0.29, 0.717) is 23.7 Å². The van der Waals surface area contributed by atoms with Crippen LogP contribution >= 0.6 is 0 Å². The van der Waals surface area contributed by atoms with Crippen LogP contribution in [0.4, 0.5) is 0 Å². The molecule has 0 aliphatic carbocycles. The van der Waals surface area contributed by atoms with E-state index in [2.05, 4.69) is 68.4 Å². The minimum Gasteiger partial charge on any atom is -0.0613 e. The number of hydrogen-bond acceptors (Lipinski definition) is 0. The lowest BCUT2D eigenvalue weighted by Gasteiger charge is -2.29. The lowest BCUT2D eigenvalue weighted by atomic mass is 9.76. The van der Waals surface area contributed by atoms with Gasteiger partial charge in [0.05, 0.1) is 0 Å². The highest BCUT2D eigenvalue weighted by Gasteiger charge is 2.23. The molecule has 0 heteroatoms. The molecule has 0 atom stereocenters. The molecule has 1 aromatic rings. The third-order valence-electron chi connectivity index (χ3n) is 4.30. The molecule has 0 radical (unpaired) electrons. The molecular formula is C20H34. The van der Waals surface area contributed by atoms with Crippen molar-refractivity contribution >= 4 is 0 Å². The summed E-state index contributed by atoms with van der Waals surface area (Å²) in [6.07, 6.45) is 1.14. The van der Waals surface area contributed by atoms with E-state index in [1.165, 1.54) is 0 Å². The lowest BCUT2D eigenvalue weighted by molar-refractivity contribution is 0.712. The number of hydrogen-bond donors (Lipinski definition) is 0. The van der Waals surface area contributed by atoms with Gasteiger partial charge in [0.1, 0.15) is 0 Å². The molecule has 0 saturated carbocycles. The summed E-state index contributed by atoms with van der Waals surface area (Å²) in [6, 6.07) is 2.50. The summed E-state index contributed by atoms with van der Waals surface area (Å²) in [7, 11) is 0. The van der Waals surface area contributed by atoms with E-state index in [1.54, 1.807) is 27.8 Å². The summed E-state index contributed by atoms with van der Waals surface area (Å²) in [4.78, 5) is 0. The van der Waals surface area contributed by atoms with Gasteiger partial charge in [-0.25, -0.2) is 0 Å². The molecule has 0 aliphatic rings. The van der Waals surface area contributed by atoms with Crippen LogP contribution in [0.15, 0.2) is 6.07 Å². The van der Waals surface area contributed by atoms with E-state index >= 15 is 0 Å². The Hall–Kier alpha value is -0.780. The van der Waals surface area contributed by atoms with Crippen LogP contribution in [0.5, 0.6) is 0 Å². The first-order valence-electron chi connectivity index (χ1n) is 8.41. The molecule has 0 nitrogen and oxygen atoms in total. The van der Waals surface area contributed by atoms with Crippen molar-refractivity contribution in [2.75, 3.05) is 0 Å². The maximum atomic E-state index is 2.50. The van der Waals surface area contributed by atoms with Gasteiger partial charge in [0, 0.05) is 0 Å². The maximum absolute atomic E-state index is 2.50. The van der Waals surface area contributed by atoms with Gasteiger partial charge in [-0.1, -0.05) is 68.4 Å². The van der Waals surface area contributed by atoms with Gasteiger partial charge in [0.15, 0.2) is 0 Å². The predicted octanol–water partition coefficient (Wildman–Crippen LogP) is 6.74. The second-order valence-electron chi connectivity index (χ2n) is 7.34. The first kappa shape index (κ1) is 17.3. The van der Waals surface area contributed by atoms with Crippen molar-refractivity contribution in [3.05, 3.63) is 33.9 Å². The SMILES string of the molecule is CCc1cc(C(C)C)c(C(C)C)c(C(C)C)c1C(C)C. The Bertz CT molecular complexity index is 448. The lowest BCUT2D eigenvalue weighted by Crippen LogP contribution is -2.13. The fraction of sp³-hybridized carbons (Fsp3) is 0.700. The predicted molar refractivity (Wildman–Crippen MR) is 92.2 cm³/mol. The van der Waals surface area contributed by atoms with Crippen molar-refractivity contribution in [3.8, 4) is 0 Å². The molecule has 1 rings (SSSR count). The van der Waals surface area contributed by atoms with Crippen molar-refractivity contribution in [3.63, 3.8) is 0 Å². The van der Waals surface area contributed by atoms with Crippen LogP contribution in [0.1, 0.15) is 114 Å². The van der Waals surface area contributed by atoms with Crippen LogP contribution in [0.3, 0.4) is 0 Å². The van der Waals surface area contributed by atoms with E-state index in [4.69, 9.17) is 0 Å². The second kappa shape index (κ2) is 6.78. The van der Waals surface area contributed by atoms with Gasteiger partial charge in [-0.15, -0.1) is 0 Å². The molecule has 0 fully saturated rings. The normalized spacial score (nSPS) is 12.2. The molecular weight excluding hydrogens is 240 g/mol. The minimum atomic E-state index is 0.605.